The van der Waals surface area contributed by atoms with Gasteiger partial charge in [0.1, 0.15) is 37.6 Å². The van der Waals surface area contributed by atoms with Gasteiger partial charge in [-0.2, -0.15) is 0 Å². The normalized spacial score (nSPS) is 21.2. The molecule has 0 aliphatic carbocycles. The molecule has 1 aliphatic heterocycles. The van der Waals surface area contributed by atoms with Gasteiger partial charge in [0.05, 0.1) is 24.7 Å². The molecule has 1 fully saturated rings. The highest BCUT2D eigenvalue weighted by atomic mass is 19.1. The van der Waals surface area contributed by atoms with E-state index in [1.165, 1.54) is 6.07 Å². The Hall–Kier alpha value is -4.68. The Balaban J connectivity index is 1.30. The third-order valence-corrected chi connectivity index (χ3v) is 7.91. The molecule has 11 heteroatoms. The maximum absolute atomic E-state index is 15.9. The quantitative estimate of drug-likeness (QED) is 0.0736. The summed E-state index contributed by atoms with van der Waals surface area (Å²) in [7, 11) is 0. The van der Waals surface area contributed by atoms with Crippen LogP contribution in [0.15, 0.2) is 115 Å². The van der Waals surface area contributed by atoms with E-state index in [1.807, 2.05) is 91.0 Å². The Labute approximate surface area is 278 Å². The number of hydrogen-bond acceptors (Lipinski definition) is 9. The molecule has 2 unspecified atom stereocenters. The van der Waals surface area contributed by atoms with Crippen molar-refractivity contribution in [3.05, 3.63) is 148 Å². The van der Waals surface area contributed by atoms with Crippen LogP contribution in [0.1, 0.15) is 35.1 Å². The number of hydrogen-bond donors (Lipinski definition) is 0. The summed E-state index contributed by atoms with van der Waals surface area (Å²) in [6.07, 6.45) is -7.09. The summed E-state index contributed by atoms with van der Waals surface area (Å²) in [4.78, 5) is 23.6. The molecule has 0 aromatic heterocycles. The van der Waals surface area contributed by atoms with E-state index in [2.05, 4.69) is 0 Å². The molecule has 0 N–H and O–H groups in total. The number of alkyl halides is 1. The number of rotatable bonds is 15. The van der Waals surface area contributed by atoms with Gasteiger partial charge in [-0.05, 0) is 16.7 Å². The maximum Gasteiger partial charge on any atom is 0.508 e. The Kier molecular flexibility index (Phi) is 12.6. The Bertz CT molecular complexity index is 1580. The van der Waals surface area contributed by atoms with Crippen molar-refractivity contribution in [2.24, 2.45) is 0 Å². The molecule has 4 aromatic rings. The number of nitrogens with zero attached hydrogens (tertiary/aromatic N) is 1. The number of benzene rings is 4. The molecule has 4 aromatic carbocycles. The number of carbonyl (C=O) groups excluding carboxylic acids is 1. The molecule has 0 spiro atoms. The van der Waals surface area contributed by atoms with E-state index in [0.29, 0.717) is 5.56 Å². The van der Waals surface area contributed by atoms with Crippen molar-refractivity contribution < 1.29 is 42.5 Å². The van der Waals surface area contributed by atoms with Crippen LogP contribution in [-0.4, -0.2) is 55.1 Å². The van der Waals surface area contributed by atoms with E-state index in [0.717, 1.165) is 16.7 Å². The van der Waals surface area contributed by atoms with Crippen molar-refractivity contribution in [2.45, 2.75) is 63.4 Å². The van der Waals surface area contributed by atoms with Gasteiger partial charge in [-0.1, -0.05) is 116 Å². The summed E-state index contributed by atoms with van der Waals surface area (Å²) >= 11 is 0. The molecule has 0 saturated carbocycles. The lowest BCUT2D eigenvalue weighted by Crippen LogP contribution is -2.60. The second-order valence-corrected chi connectivity index (χ2v) is 11.4. The van der Waals surface area contributed by atoms with Gasteiger partial charge in [-0.25, -0.2) is 9.18 Å². The van der Waals surface area contributed by atoms with E-state index in [9.17, 15) is 14.9 Å². The average molecular weight is 660 g/mol. The van der Waals surface area contributed by atoms with Crippen LogP contribution >= 0.6 is 0 Å². The smallest absolute Gasteiger partial charge is 0.434 e. The molecular formula is C37H38FNO9. The zero-order chi connectivity index (χ0) is 33.7. The molecule has 10 nitrogen and oxygen atoms in total. The second kappa shape index (κ2) is 17.5. The zero-order valence-electron chi connectivity index (χ0n) is 26.5. The van der Waals surface area contributed by atoms with Gasteiger partial charge in [0.25, 0.3) is 5.69 Å². The Morgan fingerprint density at radius 1 is 0.729 bits per heavy atom. The number of nitro benzene ring substituents is 1. The molecule has 48 heavy (non-hydrogen) atoms. The van der Waals surface area contributed by atoms with Gasteiger partial charge >= 0.3 is 6.16 Å². The van der Waals surface area contributed by atoms with Crippen molar-refractivity contribution in [1.82, 2.24) is 0 Å². The minimum absolute atomic E-state index is 0.0736. The number of halogens is 1. The largest absolute Gasteiger partial charge is 0.508 e. The Morgan fingerprint density at radius 2 is 1.21 bits per heavy atom. The van der Waals surface area contributed by atoms with Crippen LogP contribution in [0.25, 0.3) is 0 Å². The first kappa shape index (κ1) is 34.6. The summed E-state index contributed by atoms with van der Waals surface area (Å²) in [5, 5.41) is 11.4. The molecule has 6 atom stereocenters. The molecule has 5 rings (SSSR count). The number of ether oxygens (including phenoxy) is 6. The minimum Gasteiger partial charge on any atom is -0.434 e. The monoisotopic (exact) mass is 659 g/mol. The number of nitro groups is 1. The first-order valence-electron chi connectivity index (χ1n) is 15.7. The molecule has 1 saturated heterocycles. The van der Waals surface area contributed by atoms with Crippen molar-refractivity contribution in [2.75, 3.05) is 13.2 Å². The van der Waals surface area contributed by atoms with E-state index in [1.54, 1.807) is 25.1 Å². The highest BCUT2D eigenvalue weighted by molar-refractivity contribution is 5.60. The van der Waals surface area contributed by atoms with Gasteiger partial charge in [0.15, 0.2) is 0 Å². The Morgan fingerprint density at radius 3 is 1.75 bits per heavy atom. The minimum atomic E-state index is -1.94. The first-order chi connectivity index (χ1) is 23.4. The molecule has 0 amide bonds. The standard InChI is InChI=1S/C37H38FNO9/c1-26(30-19-11-12-20-31(30)39(41)42)21-46-37(40)47-25-32-33(43-22-27-13-5-2-6-14-27)34(44-23-28-15-7-3-8-16-28)35(36(38)48-32)45-24-29-17-9-4-10-18-29/h2-20,26,32-36H,21-25H2,1H3/t26?,32-,33-,34+,35-,36?/m1/s1. The van der Waals surface area contributed by atoms with Crippen molar-refractivity contribution in [3.63, 3.8) is 0 Å². The van der Waals surface area contributed by atoms with Gasteiger partial charge in [-0.15, -0.1) is 0 Å². The highest BCUT2D eigenvalue weighted by Gasteiger charge is 2.49. The fourth-order valence-corrected chi connectivity index (χ4v) is 5.41. The predicted molar refractivity (Wildman–Crippen MR) is 174 cm³/mol. The van der Waals surface area contributed by atoms with E-state index >= 15 is 4.39 Å². The predicted octanol–water partition coefficient (Wildman–Crippen LogP) is 7.30. The third-order valence-electron chi connectivity index (χ3n) is 7.91. The summed E-state index contributed by atoms with van der Waals surface area (Å²) in [6, 6.07) is 34.5. The van der Waals surface area contributed by atoms with Crippen LogP contribution in [0.5, 0.6) is 0 Å². The van der Waals surface area contributed by atoms with E-state index in [4.69, 9.17) is 28.4 Å². The summed E-state index contributed by atoms with van der Waals surface area (Å²) < 4.78 is 51.1. The van der Waals surface area contributed by atoms with Crippen molar-refractivity contribution in [1.29, 1.82) is 0 Å². The molecule has 1 heterocycles. The number of para-hydroxylation sites is 1. The van der Waals surface area contributed by atoms with E-state index in [-0.39, 0.29) is 32.1 Å². The van der Waals surface area contributed by atoms with E-state index < -0.39 is 54.4 Å². The van der Waals surface area contributed by atoms with Crippen LogP contribution in [0.4, 0.5) is 14.9 Å². The fraction of sp³-hybridized carbons (Fsp3) is 0.324. The highest BCUT2D eigenvalue weighted by Crippen LogP contribution is 2.32. The van der Waals surface area contributed by atoms with Crippen LogP contribution in [0.2, 0.25) is 0 Å². The summed E-state index contributed by atoms with van der Waals surface area (Å²) in [6.45, 7) is 1.52. The second-order valence-electron chi connectivity index (χ2n) is 11.4. The fourth-order valence-electron chi connectivity index (χ4n) is 5.41. The van der Waals surface area contributed by atoms with Crippen LogP contribution in [0, 0.1) is 10.1 Å². The zero-order valence-corrected chi connectivity index (χ0v) is 26.5. The van der Waals surface area contributed by atoms with Crippen molar-refractivity contribution in [3.8, 4) is 0 Å². The molecular weight excluding hydrogens is 621 g/mol. The SMILES string of the molecule is CC(COC(=O)OC[C@H]1OC(F)[C@H](OCc2ccccc2)[C@@H](OCc2ccccc2)[C@@H]1OCc1ccccc1)c1ccccc1[N+](=O)[O-]. The lowest BCUT2D eigenvalue weighted by molar-refractivity contribution is -0.385. The van der Waals surface area contributed by atoms with Gasteiger partial charge in [0.2, 0.25) is 6.36 Å². The molecule has 0 bridgehead atoms. The first-order valence-corrected chi connectivity index (χ1v) is 15.7. The van der Waals surface area contributed by atoms with Crippen LogP contribution < -0.4 is 0 Å². The lowest BCUT2D eigenvalue weighted by Gasteiger charge is -2.43. The molecule has 0 radical (unpaired) electrons. The van der Waals surface area contributed by atoms with Crippen LogP contribution in [-0.2, 0) is 48.2 Å². The van der Waals surface area contributed by atoms with Crippen molar-refractivity contribution >= 4 is 11.8 Å². The summed E-state index contributed by atoms with van der Waals surface area (Å²) in [5.74, 6) is -0.486. The van der Waals surface area contributed by atoms with Gasteiger partial charge in [-0.3, -0.25) is 10.1 Å². The topological polar surface area (TPSA) is 116 Å². The van der Waals surface area contributed by atoms with Crippen LogP contribution in [0.3, 0.4) is 0 Å². The average Bonchev–Trinajstić information content (AvgIpc) is 3.12. The lowest BCUT2D eigenvalue weighted by atomic mass is 9.98. The third kappa shape index (κ3) is 9.68. The van der Waals surface area contributed by atoms with Gasteiger partial charge < -0.3 is 28.4 Å². The number of carbonyl (C=O) groups is 1. The maximum atomic E-state index is 15.9. The molecule has 1 aliphatic rings. The molecule has 252 valence electrons. The van der Waals surface area contributed by atoms with Gasteiger partial charge in [0, 0.05) is 17.5 Å². The summed E-state index contributed by atoms with van der Waals surface area (Å²) in [5.41, 5.74) is 2.92.